The van der Waals surface area contributed by atoms with Crippen molar-refractivity contribution < 1.29 is 4.42 Å². The molecule has 286 valence electrons. The second kappa shape index (κ2) is 15.2. The van der Waals surface area contributed by atoms with Crippen LogP contribution in [0.2, 0.25) is 13.1 Å². The van der Waals surface area contributed by atoms with Crippen molar-refractivity contribution in [2.24, 2.45) is 0 Å². The zero-order valence-electron chi connectivity index (χ0n) is 33.6. The molecule has 0 fully saturated rings. The van der Waals surface area contributed by atoms with E-state index >= 15 is 0 Å². The number of fused-ring (bicyclic) bond motifs is 4. The molecule has 0 aliphatic heterocycles. The summed E-state index contributed by atoms with van der Waals surface area (Å²) >= 11 is 0. The first kappa shape index (κ1) is 36.5. The molecule has 0 radical (unpaired) electrons. The minimum atomic E-state index is -1.91. The van der Waals surface area contributed by atoms with Gasteiger partial charge in [0.05, 0.1) is 11.0 Å². The molecule has 59 heavy (non-hydrogen) atoms. The number of rotatable bonds is 10. The number of aryl methyl sites for hydroxylation is 1. The summed E-state index contributed by atoms with van der Waals surface area (Å²) in [5, 5.41) is 16.5. The third-order valence-electron chi connectivity index (χ3n) is 12.4. The van der Waals surface area contributed by atoms with Gasteiger partial charge in [-0.25, -0.2) is 0 Å². The van der Waals surface area contributed by atoms with Crippen molar-refractivity contribution >= 4 is 51.0 Å². The Morgan fingerprint density at radius 2 is 1.03 bits per heavy atom. The largest absolute Gasteiger partial charge is 0.416 e. The fourth-order valence-corrected chi connectivity index (χ4v) is 11.0. The lowest BCUT2D eigenvalue weighted by Gasteiger charge is -2.24. The molecule has 0 amide bonds. The maximum atomic E-state index is 6.16. The van der Waals surface area contributed by atoms with Gasteiger partial charge in [0, 0.05) is 27.6 Å². The van der Waals surface area contributed by atoms with E-state index < -0.39 is 8.07 Å². The van der Waals surface area contributed by atoms with Crippen LogP contribution in [0.1, 0.15) is 30.4 Å². The highest BCUT2D eigenvalue weighted by molar-refractivity contribution is 7.00. The van der Waals surface area contributed by atoms with Gasteiger partial charge >= 0.3 is 0 Å². The van der Waals surface area contributed by atoms with Crippen LogP contribution < -0.4 is 10.4 Å². The van der Waals surface area contributed by atoms with Crippen LogP contribution >= 0.6 is 0 Å². The highest BCUT2D eigenvalue weighted by atomic mass is 28.3. The molecule has 8 aromatic carbocycles. The summed E-state index contributed by atoms with van der Waals surface area (Å²) in [5.74, 6) is 1.49. The predicted octanol–water partition coefficient (Wildman–Crippen LogP) is 12.9. The fraction of sp³-hybridized carbons (Fsp3) is 0.111. The Kier molecular flexibility index (Phi) is 9.39. The number of nitrogens with zero attached hydrogens (tertiary/aromatic N) is 3. The Hall–Kier alpha value is -6.82. The number of hydrogen-bond acceptors (Lipinski definition) is 3. The van der Waals surface area contributed by atoms with Crippen LogP contribution in [0.5, 0.6) is 0 Å². The highest BCUT2D eigenvalue weighted by Crippen LogP contribution is 2.33. The first-order chi connectivity index (χ1) is 28.9. The smallest absolute Gasteiger partial charge is 0.248 e. The zero-order chi connectivity index (χ0) is 39.9. The van der Waals surface area contributed by atoms with E-state index in [-0.39, 0.29) is 0 Å². The summed E-state index contributed by atoms with van der Waals surface area (Å²) in [6.45, 7) is 7.22. The van der Waals surface area contributed by atoms with Gasteiger partial charge in [0.2, 0.25) is 11.8 Å². The van der Waals surface area contributed by atoms with Crippen molar-refractivity contribution in [2.75, 3.05) is 0 Å². The molecule has 2 aromatic heterocycles. The van der Waals surface area contributed by atoms with E-state index in [4.69, 9.17) is 4.42 Å². The van der Waals surface area contributed by atoms with Gasteiger partial charge in [0.25, 0.3) is 0 Å². The van der Waals surface area contributed by atoms with Gasteiger partial charge in [-0.05, 0) is 94.3 Å². The van der Waals surface area contributed by atoms with Crippen LogP contribution in [0.25, 0.3) is 72.3 Å². The Morgan fingerprint density at radius 1 is 0.508 bits per heavy atom. The Balaban J connectivity index is 0.774. The standard InChI is InChI=1S/C54H45N3OSi/c1-37(39-25-27-43(28-26-39)53-55-56-54(58-53)50-16-10-12-42-11-4-5-13-47(42)50)19-20-38-21-23-40(24-22-38)41-29-33-45(34-30-41)59(2,3)46-35-31-44(32-36-46)57-51-17-8-6-14-48(51)49-15-7-9-18-52(49)57/h4-18,21-37H,19-20H2,1-3H3. The molecule has 0 saturated carbocycles. The minimum Gasteiger partial charge on any atom is -0.416 e. The average molecular weight is 780 g/mol. The van der Waals surface area contributed by atoms with Gasteiger partial charge < -0.3 is 8.98 Å². The predicted molar refractivity (Wildman–Crippen MR) is 249 cm³/mol. The number of para-hydroxylation sites is 2. The van der Waals surface area contributed by atoms with E-state index in [0.717, 1.165) is 34.7 Å². The molecule has 4 nitrogen and oxygen atoms in total. The molecule has 5 heteroatoms. The summed E-state index contributed by atoms with van der Waals surface area (Å²) in [7, 11) is -1.91. The summed E-state index contributed by atoms with van der Waals surface area (Å²) < 4.78 is 8.56. The lowest BCUT2D eigenvalue weighted by atomic mass is 9.93. The summed E-state index contributed by atoms with van der Waals surface area (Å²) in [4.78, 5) is 0. The topological polar surface area (TPSA) is 43.9 Å². The van der Waals surface area contributed by atoms with Gasteiger partial charge in [-0.15, -0.1) is 10.2 Å². The average Bonchev–Trinajstić information content (AvgIpc) is 3.92. The Bertz CT molecular complexity index is 3010. The minimum absolute atomic E-state index is 0.419. The normalized spacial score (nSPS) is 12.4. The Labute approximate surface area is 346 Å². The first-order valence-corrected chi connectivity index (χ1v) is 23.6. The maximum Gasteiger partial charge on any atom is 0.248 e. The molecule has 2 heterocycles. The van der Waals surface area contributed by atoms with Crippen LogP contribution in [-0.4, -0.2) is 22.8 Å². The van der Waals surface area contributed by atoms with Crippen LogP contribution in [0, 0.1) is 0 Å². The third-order valence-corrected chi connectivity index (χ3v) is 15.9. The van der Waals surface area contributed by atoms with Crippen LogP contribution in [0.4, 0.5) is 0 Å². The van der Waals surface area contributed by atoms with Crippen LogP contribution in [-0.2, 0) is 6.42 Å². The van der Waals surface area contributed by atoms with E-state index in [9.17, 15) is 0 Å². The second-order valence-corrected chi connectivity index (χ2v) is 20.7. The third kappa shape index (κ3) is 6.87. The molecule has 0 spiro atoms. The van der Waals surface area contributed by atoms with Crippen molar-refractivity contribution in [3.05, 3.63) is 199 Å². The maximum absolute atomic E-state index is 6.16. The van der Waals surface area contributed by atoms with Gasteiger partial charge in [-0.1, -0.05) is 176 Å². The molecule has 0 saturated heterocycles. The highest BCUT2D eigenvalue weighted by Gasteiger charge is 2.26. The van der Waals surface area contributed by atoms with Crippen molar-refractivity contribution in [1.29, 1.82) is 0 Å². The molecule has 0 bridgehead atoms. The van der Waals surface area contributed by atoms with Gasteiger partial charge in [-0.3, -0.25) is 0 Å². The van der Waals surface area contributed by atoms with Crippen LogP contribution in [0.15, 0.2) is 192 Å². The lowest BCUT2D eigenvalue weighted by Crippen LogP contribution is -2.52. The second-order valence-electron chi connectivity index (χ2n) is 16.3. The molecule has 1 unspecified atom stereocenters. The van der Waals surface area contributed by atoms with E-state index in [1.54, 1.807) is 0 Å². The molecule has 10 aromatic rings. The molecule has 10 rings (SSSR count). The van der Waals surface area contributed by atoms with Gasteiger partial charge in [-0.2, -0.15) is 0 Å². The quantitative estimate of drug-likeness (QED) is 0.130. The SMILES string of the molecule is CC(CCc1ccc(-c2ccc([Si](C)(C)c3ccc(-n4c5ccccc5c5ccccc54)cc3)cc2)cc1)c1ccc(-c2nnc(-c3cccc4ccccc34)o2)cc1. The van der Waals surface area contributed by atoms with Crippen molar-refractivity contribution in [3.63, 3.8) is 0 Å². The lowest BCUT2D eigenvalue weighted by molar-refractivity contribution is 0.585. The zero-order valence-corrected chi connectivity index (χ0v) is 34.6. The molecule has 0 aliphatic rings. The number of aromatic nitrogens is 3. The summed E-state index contributed by atoms with van der Waals surface area (Å²) in [6, 6.07) is 68.2. The number of hydrogen-bond donors (Lipinski definition) is 0. The Morgan fingerprint density at radius 3 is 1.69 bits per heavy atom. The number of benzene rings is 8. The van der Waals surface area contributed by atoms with Crippen molar-refractivity contribution in [1.82, 2.24) is 14.8 Å². The molecular formula is C54H45N3OSi. The van der Waals surface area contributed by atoms with Gasteiger partial charge in [0.15, 0.2) is 0 Å². The van der Waals surface area contributed by atoms with E-state index in [1.165, 1.54) is 60.1 Å². The van der Waals surface area contributed by atoms with Crippen molar-refractivity contribution in [3.8, 4) is 39.7 Å². The monoisotopic (exact) mass is 779 g/mol. The molecule has 0 N–H and O–H groups in total. The molecular weight excluding hydrogens is 735 g/mol. The van der Waals surface area contributed by atoms with E-state index in [1.807, 2.05) is 24.3 Å². The van der Waals surface area contributed by atoms with Crippen molar-refractivity contribution in [2.45, 2.75) is 38.8 Å². The fourth-order valence-electron chi connectivity index (χ4n) is 8.70. The summed E-state index contributed by atoms with van der Waals surface area (Å²) in [6.07, 6.45) is 2.09. The van der Waals surface area contributed by atoms with Crippen LogP contribution in [0.3, 0.4) is 0 Å². The van der Waals surface area contributed by atoms with E-state index in [2.05, 4.69) is 199 Å². The van der Waals surface area contributed by atoms with Gasteiger partial charge in [0.1, 0.15) is 8.07 Å². The first-order valence-electron chi connectivity index (χ1n) is 20.6. The van der Waals surface area contributed by atoms with E-state index in [0.29, 0.717) is 17.7 Å². The molecule has 1 atom stereocenters. The summed E-state index contributed by atoms with van der Waals surface area (Å²) in [5.41, 5.74) is 10.7. The molecule has 0 aliphatic carbocycles.